The highest BCUT2D eigenvalue weighted by Gasteiger charge is 2.01. The van der Waals surface area contributed by atoms with E-state index < -0.39 is 0 Å². The summed E-state index contributed by atoms with van der Waals surface area (Å²) in [5.41, 5.74) is 4.94. The lowest BCUT2D eigenvalue weighted by molar-refractivity contribution is -0.129. The molecule has 3 N–H and O–H groups in total. The minimum atomic E-state index is -0.377. The van der Waals surface area contributed by atoms with E-state index in [1.54, 1.807) is 23.8 Å². The largest absolute Gasteiger partial charge is 0.289 e. The van der Waals surface area contributed by atoms with Gasteiger partial charge in [0.2, 0.25) is 11.8 Å². The molecular formula is C16H25N3O3. The lowest BCUT2D eigenvalue weighted by Gasteiger charge is -2.01. The quantitative estimate of drug-likeness (QED) is 0.180. The van der Waals surface area contributed by atoms with Crippen molar-refractivity contribution < 1.29 is 14.8 Å². The third-order valence-corrected chi connectivity index (χ3v) is 2.84. The number of hydrazone groups is 1. The second-order valence-electron chi connectivity index (χ2n) is 4.63. The molecule has 22 heavy (non-hydrogen) atoms. The molecule has 0 unspecified atom stereocenters. The van der Waals surface area contributed by atoms with E-state index in [1.807, 2.05) is 19.1 Å². The number of unbranched alkanes of at least 4 members (excludes halogenated alkanes) is 3. The van der Waals surface area contributed by atoms with E-state index >= 15 is 0 Å². The van der Waals surface area contributed by atoms with E-state index in [-0.39, 0.29) is 11.8 Å². The Morgan fingerprint density at radius 3 is 2.32 bits per heavy atom. The number of hydrogen-bond donors (Lipinski definition) is 3. The summed E-state index contributed by atoms with van der Waals surface area (Å²) in [6.45, 7) is 5.46. The van der Waals surface area contributed by atoms with Crippen LogP contribution in [-0.2, 0) is 9.59 Å². The van der Waals surface area contributed by atoms with Gasteiger partial charge in [0, 0.05) is 12.8 Å². The molecule has 0 saturated carbocycles. The van der Waals surface area contributed by atoms with Gasteiger partial charge in [-0.25, -0.2) is 10.9 Å². The van der Waals surface area contributed by atoms with Crippen LogP contribution in [0.15, 0.2) is 41.6 Å². The average Bonchev–Trinajstić information content (AvgIpc) is 2.53. The monoisotopic (exact) mass is 307 g/mol. The van der Waals surface area contributed by atoms with Gasteiger partial charge in [0.1, 0.15) is 0 Å². The standard InChI is InChI=1S/C16H25N3O3/c1-3-5-10-14(4-2)13-17-18-15(20)11-8-6-7-9-12-16(21)19-22/h3-5,10,13,22H,1,6-9,11-12H2,2H3,(H,18,20)(H,19,21)/b10-5-,14-4+,17-13+. The van der Waals surface area contributed by atoms with Crippen molar-refractivity contribution in [2.75, 3.05) is 0 Å². The molecule has 6 nitrogen and oxygen atoms in total. The van der Waals surface area contributed by atoms with Gasteiger partial charge in [-0.05, 0) is 25.3 Å². The first-order valence-corrected chi connectivity index (χ1v) is 7.34. The van der Waals surface area contributed by atoms with Crippen LogP contribution >= 0.6 is 0 Å². The van der Waals surface area contributed by atoms with Crippen LogP contribution in [0.4, 0.5) is 0 Å². The Morgan fingerprint density at radius 2 is 1.77 bits per heavy atom. The number of allylic oxidation sites excluding steroid dienone is 5. The van der Waals surface area contributed by atoms with Gasteiger partial charge >= 0.3 is 0 Å². The molecule has 0 rings (SSSR count). The lowest BCUT2D eigenvalue weighted by atomic mass is 10.1. The van der Waals surface area contributed by atoms with Crippen molar-refractivity contribution in [2.45, 2.75) is 45.4 Å². The summed E-state index contributed by atoms with van der Waals surface area (Å²) >= 11 is 0. The van der Waals surface area contributed by atoms with E-state index in [0.717, 1.165) is 24.8 Å². The van der Waals surface area contributed by atoms with Crippen LogP contribution in [0.3, 0.4) is 0 Å². The summed E-state index contributed by atoms with van der Waals surface area (Å²) in [5.74, 6) is -0.509. The topological polar surface area (TPSA) is 90.8 Å². The van der Waals surface area contributed by atoms with Crippen LogP contribution < -0.4 is 10.9 Å². The third kappa shape index (κ3) is 11.6. The summed E-state index contributed by atoms with van der Waals surface area (Å²) in [7, 11) is 0. The van der Waals surface area contributed by atoms with Gasteiger partial charge in [-0.2, -0.15) is 5.10 Å². The Morgan fingerprint density at radius 1 is 1.14 bits per heavy atom. The van der Waals surface area contributed by atoms with E-state index in [1.165, 1.54) is 0 Å². The molecule has 0 spiro atoms. The molecule has 0 atom stereocenters. The summed E-state index contributed by atoms with van der Waals surface area (Å²) in [6, 6.07) is 0. The number of carbonyl (C=O) groups is 2. The summed E-state index contributed by atoms with van der Waals surface area (Å²) in [5, 5.41) is 12.2. The van der Waals surface area contributed by atoms with E-state index in [4.69, 9.17) is 5.21 Å². The molecular weight excluding hydrogens is 282 g/mol. The third-order valence-electron chi connectivity index (χ3n) is 2.84. The summed E-state index contributed by atoms with van der Waals surface area (Å²) in [6.07, 6.45) is 12.6. The van der Waals surface area contributed by atoms with Gasteiger partial charge in [-0.1, -0.05) is 43.7 Å². The number of nitrogens with zero attached hydrogens (tertiary/aromatic N) is 1. The zero-order valence-electron chi connectivity index (χ0n) is 13.0. The van der Waals surface area contributed by atoms with Gasteiger partial charge in [0.15, 0.2) is 0 Å². The van der Waals surface area contributed by atoms with E-state index in [0.29, 0.717) is 19.3 Å². The van der Waals surface area contributed by atoms with Crippen LogP contribution in [0, 0.1) is 0 Å². The van der Waals surface area contributed by atoms with E-state index in [2.05, 4.69) is 17.1 Å². The zero-order chi connectivity index (χ0) is 16.6. The molecule has 0 bridgehead atoms. The first-order chi connectivity index (χ1) is 10.6. The minimum Gasteiger partial charge on any atom is -0.289 e. The highest BCUT2D eigenvalue weighted by atomic mass is 16.5. The lowest BCUT2D eigenvalue weighted by Crippen LogP contribution is -2.18. The van der Waals surface area contributed by atoms with Gasteiger partial charge in [-0.15, -0.1) is 0 Å². The van der Waals surface area contributed by atoms with Crippen LogP contribution in [0.5, 0.6) is 0 Å². The molecule has 0 aromatic heterocycles. The second kappa shape index (κ2) is 13.8. The van der Waals surface area contributed by atoms with Crippen molar-refractivity contribution in [1.29, 1.82) is 0 Å². The molecule has 0 aliphatic heterocycles. The van der Waals surface area contributed by atoms with Crippen molar-refractivity contribution in [3.8, 4) is 0 Å². The number of carbonyl (C=O) groups excluding carboxylic acids is 2. The predicted molar refractivity (Wildman–Crippen MR) is 87.4 cm³/mol. The van der Waals surface area contributed by atoms with Crippen LogP contribution in [0.1, 0.15) is 45.4 Å². The molecule has 0 radical (unpaired) electrons. The maximum atomic E-state index is 11.5. The van der Waals surface area contributed by atoms with Gasteiger partial charge in [-0.3, -0.25) is 14.8 Å². The molecule has 6 heteroatoms. The number of amides is 2. The summed E-state index contributed by atoms with van der Waals surface area (Å²) < 4.78 is 0. The maximum Gasteiger partial charge on any atom is 0.243 e. The minimum absolute atomic E-state index is 0.132. The normalized spacial score (nSPS) is 11.8. The molecule has 0 aromatic rings. The summed E-state index contributed by atoms with van der Waals surface area (Å²) in [4.78, 5) is 22.3. The van der Waals surface area contributed by atoms with Gasteiger partial charge in [0.25, 0.3) is 0 Å². The zero-order valence-corrected chi connectivity index (χ0v) is 13.0. The van der Waals surface area contributed by atoms with Gasteiger partial charge in [0.05, 0.1) is 6.21 Å². The van der Waals surface area contributed by atoms with Crippen molar-refractivity contribution in [1.82, 2.24) is 10.9 Å². The van der Waals surface area contributed by atoms with Gasteiger partial charge < -0.3 is 0 Å². The molecule has 2 amide bonds. The molecule has 122 valence electrons. The molecule has 0 heterocycles. The number of nitrogens with one attached hydrogen (secondary N) is 2. The fraction of sp³-hybridized carbons (Fsp3) is 0.438. The number of rotatable bonds is 11. The Bertz CT molecular complexity index is 440. The van der Waals surface area contributed by atoms with Crippen LogP contribution in [0.2, 0.25) is 0 Å². The molecule has 0 fully saturated rings. The van der Waals surface area contributed by atoms with Crippen molar-refractivity contribution in [3.05, 3.63) is 36.5 Å². The molecule has 0 aromatic carbocycles. The maximum absolute atomic E-state index is 11.5. The Kier molecular flexibility index (Phi) is 12.4. The first-order valence-electron chi connectivity index (χ1n) is 7.34. The van der Waals surface area contributed by atoms with Crippen molar-refractivity contribution >= 4 is 18.0 Å². The average molecular weight is 307 g/mol. The molecule has 0 saturated heterocycles. The smallest absolute Gasteiger partial charge is 0.243 e. The number of hydroxylamine groups is 1. The fourth-order valence-electron chi connectivity index (χ4n) is 1.61. The molecule has 0 aliphatic rings. The molecule has 0 aliphatic carbocycles. The second-order valence-corrected chi connectivity index (χ2v) is 4.63. The fourth-order valence-corrected chi connectivity index (χ4v) is 1.61. The Hall–Kier alpha value is -2.21. The predicted octanol–water partition coefficient (Wildman–Crippen LogP) is 2.62. The van der Waals surface area contributed by atoms with E-state index in [9.17, 15) is 9.59 Å². The number of hydrogen-bond acceptors (Lipinski definition) is 4. The van der Waals surface area contributed by atoms with Crippen molar-refractivity contribution in [2.24, 2.45) is 5.10 Å². The highest BCUT2D eigenvalue weighted by molar-refractivity contribution is 5.84. The van der Waals surface area contributed by atoms with Crippen LogP contribution in [0.25, 0.3) is 0 Å². The first kappa shape index (κ1) is 19.8. The Labute approximate surface area is 131 Å². The SMILES string of the molecule is C=C\C=C/C(/C=N/NC(=O)CCCCCCC(=O)NO)=C\C. The highest BCUT2D eigenvalue weighted by Crippen LogP contribution is 2.05. The van der Waals surface area contributed by atoms with Crippen molar-refractivity contribution in [3.63, 3.8) is 0 Å². The van der Waals surface area contributed by atoms with Crippen LogP contribution in [-0.4, -0.2) is 23.2 Å². The Balaban J connectivity index is 3.75.